The molecule has 2 amide bonds. The van der Waals surface area contributed by atoms with Crippen LogP contribution in [0.1, 0.15) is 17.3 Å². The number of nitrogens with zero attached hydrogens (tertiary/aromatic N) is 2. The van der Waals surface area contributed by atoms with E-state index in [9.17, 15) is 14.4 Å². The summed E-state index contributed by atoms with van der Waals surface area (Å²) in [6, 6.07) is 5.19. The molecule has 1 aromatic carbocycles. The monoisotopic (exact) mass is 288 g/mol. The minimum absolute atomic E-state index is 0.0270. The number of amides is 2. The number of aromatic nitrogens is 2. The van der Waals surface area contributed by atoms with Gasteiger partial charge in [0.15, 0.2) is 0 Å². The Bertz CT molecular complexity index is 753. The average molecular weight is 288 g/mol. The van der Waals surface area contributed by atoms with Crippen LogP contribution in [0.2, 0.25) is 0 Å². The first-order valence-electron chi connectivity index (χ1n) is 6.82. The first-order valence-corrected chi connectivity index (χ1v) is 6.82. The number of hydrogen-bond acceptors (Lipinski definition) is 3. The first kappa shape index (κ1) is 13.4. The van der Waals surface area contributed by atoms with Gasteiger partial charge in [-0.05, 0) is 12.1 Å². The van der Waals surface area contributed by atoms with E-state index in [2.05, 4.69) is 9.97 Å². The molecule has 2 N–H and O–H groups in total. The lowest BCUT2D eigenvalue weighted by Crippen LogP contribution is -2.50. The third-order valence-electron chi connectivity index (χ3n) is 3.79. The van der Waals surface area contributed by atoms with Crippen LogP contribution in [0.15, 0.2) is 23.0 Å². The molecule has 7 heteroatoms. The van der Waals surface area contributed by atoms with Crippen LogP contribution in [0.5, 0.6) is 0 Å². The summed E-state index contributed by atoms with van der Waals surface area (Å²) in [6.45, 7) is 3.62. The van der Waals surface area contributed by atoms with Gasteiger partial charge in [-0.3, -0.25) is 9.59 Å². The van der Waals surface area contributed by atoms with Gasteiger partial charge in [-0.2, -0.15) is 0 Å². The van der Waals surface area contributed by atoms with Crippen LogP contribution in [0.4, 0.5) is 0 Å². The van der Waals surface area contributed by atoms with Gasteiger partial charge in [-0.25, -0.2) is 4.79 Å². The number of aromatic amines is 2. The van der Waals surface area contributed by atoms with Gasteiger partial charge in [0.1, 0.15) is 0 Å². The highest BCUT2D eigenvalue weighted by Gasteiger charge is 2.24. The number of piperazine rings is 1. The molecule has 110 valence electrons. The minimum atomic E-state index is -0.327. The summed E-state index contributed by atoms with van der Waals surface area (Å²) in [5.41, 5.74) is 1.29. The molecule has 2 aromatic rings. The summed E-state index contributed by atoms with van der Waals surface area (Å²) in [6.07, 6.45) is 0. The van der Waals surface area contributed by atoms with Crippen molar-refractivity contribution in [1.82, 2.24) is 19.8 Å². The van der Waals surface area contributed by atoms with Crippen molar-refractivity contribution in [1.29, 1.82) is 0 Å². The number of imidazole rings is 1. The van der Waals surface area contributed by atoms with Crippen LogP contribution >= 0.6 is 0 Å². The van der Waals surface area contributed by atoms with Crippen molar-refractivity contribution >= 4 is 22.8 Å². The highest BCUT2D eigenvalue weighted by molar-refractivity contribution is 6.04. The summed E-state index contributed by atoms with van der Waals surface area (Å²) in [4.78, 5) is 44.0. The molecule has 21 heavy (non-hydrogen) atoms. The standard InChI is InChI=1S/C14H16N4O3/c1-9(19)17-5-7-18(8-6-17)13(20)10-3-2-4-11-12(10)16-14(21)15-11/h2-4H,5-8H2,1H3,(H2,15,16,21). The predicted molar refractivity (Wildman–Crippen MR) is 77.1 cm³/mol. The first-order chi connectivity index (χ1) is 10.1. The number of hydrogen-bond donors (Lipinski definition) is 2. The van der Waals surface area contributed by atoms with Crippen molar-refractivity contribution in [2.24, 2.45) is 0 Å². The fraction of sp³-hybridized carbons (Fsp3) is 0.357. The molecule has 1 saturated heterocycles. The number of benzene rings is 1. The summed E-state index contributed by atoms with van der Waals surface area (Å²) >= 11 is 0. The Balaban J connectivity index is 1.85. The Hall–Kier alpha value is -2.57. The van der Waals surface area contributed by atoms with Crippen LogP contribution in [0.3, 0.4) is 0 Å². The number of fused-ring (bicyclic) bond motifs is 1. The third-order valence-corrected chi connectivity index (χ3v) is 3.79. The van der Waals surface area contributed by atoms with Crippen molar-refractivity contribution < 1.29 is 9.59 Å². The zero-order valence-electron chi connectivity index (χ0n) is 11.7. The van der Waals surface area contributed by atoms with E-state index in [1.54, 1.807) is 28.0 Å². The molecule has 7 nitrogen and oxygen atoms in total. The van der Waals surface area contributed by atoms with E-state index in [4.69, 9.17) is 0 Å². The second kappa shape index (κ2) is 5.08. The van der Waals surface area contributed by atoms with Crippen LogP contribution in [-0.2, 0) is 4.79 Å². The molecule has 0 radical (unpaired) electrons. The smallest absolute Gasteiger partial charge is 0.323 e. The van der Waals surface area contributed by atoms with E-state index in [-0.39, 0.29) is 17.5 Å². The summed E-state index contributed by atoms with van der Waals surface area (Å²) in [5.74, 6) is -0.0989. The Morgan fingerprint density at radius 1 is 1.05 bits per heavy atom. The van der Waals surface area contributed by atoms with Crippen molar-refractivity contribution in [3.05, 3.63) is 34.2 Å². The van der Waals surface area contributed by atoms with Crippen molar-refractivity contribution in [2.45, 2.75) is 6.92 Å². The van der Waals surface area contributed by atoms with Crippen LogP contribution in [-0.4, -0.2) is 57.8 Å². The number of para-hydroxylation sites is 1. The second-order valence-electron chi connectivity index (χ2n) is 5.11. The van der Waals surface area contributed by atoms with Crippen molar-refractivity contribution in [3.8, 4) is 0 Å². The number of carbonyl (C=O) groups is 2. The van der Waals surface area contributed by atoms with Gasteiger partial charge < -0.3 is 19.8 Å². The van der Waals surface area contributed by atoms with E-state index < -0.39 is 0 Å². The van der Waals surface area contributed by atoms with E-state index in [0.717, 1.165) is 0 Å². The summed E-state index contributed by atoms with van der Waals surface area (Å²) in [7, 11) is 0. The van der Waals surface area contributed by atoms with E-state index in [0.29, 0.717) is 42.8 Å². The molecular formula is C14H16N4O3. The Morgan fingerprint density at radius 3 is 2.38 bits per heavy atom. The Kier molecular flexibility index (Phi) is 3.25. The van der Waals surface area contributed by atoms with Crippen molar-refractivity contribution in [3.63, 3.8) is 0 Å². The molecule has 1 aliphatic rings. The van der Waals surface area contributed by atoms with Gasteiger partial charge >= 0.3 is 5.69 Å². The maximum absolute atomic E-state index is 12.6. The highest BCUT2D eigenvalue weighted by Crippen LogP contribution is 2.16. The topological polar surface area (TPSA) is 89.3 Å². The lowest BCUT2D eigenvalue weighted by Gasteiger charge is -2.34. The van der Waals surface area contributed by atoms with Gasteiger partial charge in [0.05, 0.1) is 16.6 Å². The molecule has 0 bridgehead atoms. The normalized spacial score (nSPS) is 15.5. The third kappa shape index (κ3) is 2.42. The SMILES string of the molecule is CC(=O)N1CCN(C(=O)c2cccc3[nH]c(=O)[nH]c23)CC1. The largest absolute Gasteiger partial charge is 0.339 e. The molecule has 2 heterocycles. The predicted octanol–water partition coefficient (Wildman–Crippen LogP) is 0.160. The molecule has 1 aromatic heterocycles. The van der Waals surface area contributed by atoms with Gasteiger partial charge in [0.25, 0.3) is 5.91 Å². The van der Waals surface area contributed by atoms with Crippen LogP contribution < -0.4 is 5.69 Å². The van der Waals surface area contributed by atoms with Crippen molar-refractivity contribution in [2.75, 3.05) is 26.2 Å². The fourth-order valence-corrected chi connectivity index (χ4v) is 2.63. The van der Waals surface area contributed by atoms with E-state index in [1.165, 1.54) is 6.92 Å². The van der Waals surface area contributed by atoms with Gasteiger partial charge in [0, 0.05) is 33.1 Å². The van der Waals surface area contributed by atoms with Crippen LogP contribution in [0.25, 0.3) is 11.0 Å². The Labute approximate surface area is 120 Å². The molecule has 0 aliphatic carbocycles. The molecule has 0 spiro atoms. The molecular weight excluding hydrogens is 272 g/mol. The lowest BCUT2D eigenvalue weighted by atomic mass is 10.1. The van der Waals surface area contributed by atoms with E-state index >= 15 is 0 Å². The maximum Gasteiger partial charge on any atom is 0.323 e. The minimum Gasteiger partial charge on any atom is -0.339 e. The molecule has 0 unspecified atom stereocenters. The Morgan fingerprint density at radius 2 is 1.71 bits per heavy atom. The fourth-order valence-electron chi connectivity index (χ4n) is 2.63. The second-order valence-corrected chi connectivity index (χ2v) is 5.11. The zero-order valence-corrected chi connectivity index (χ0v) is 11.7. The quantitative estimate of drug-likeness (QED) is 0.783. The van der Waals surface area contributed by atoms with Gasteiger partial charge in [-0.15, -0.1) is 0 Å². The number of H-pyrrole nitrogens is 2. The van der Waals surface area contributed by atoms with Gasteiger partial charge in [-0.1, -0.05) is 6.07 Å². The summed E-state index contributed by atoms with van der Waals surface area (Å²) in [5, 5.41) is 0. The zero-order chi connectivity index (χ0) is 15.0. The maximum atomic E-state index is 12.6. The molecule has 0 atom stereocenters. The number of carbonyl (C=O) groups excluding carboxylic acids is 2. The van der Waals surface area contributed by atoms with Crippen LogP contribution in [0, 0.1) is 0 Å². The lowest BCUT2D eigenvalue weighted by molar-refractivity contribution is -0.130. The average Bonchev–Trinajstić information content (AvgIpc) is 2.86. The van der Waals surface area contributed by atoms with Gasteiger partial charge in [0.2, 0.25) is 5.91 Å². The van der Waals surface area contributed by atoms with E-state index in [1.807, 2.05) is 0 Å². The summed E-state index contributed by atoms with van der Waals surface area (Å²) < 4.78 is 0. The number of nitrogens with one attached hydrogen (secondary N) is 2. The number of rotatable bonds is 1. The molecule has 3 rings (SSSR count). The molecule has 1 aliphatic heterocycles. The highest BCUT2D eigenvalue weighted by atomic mass is 16.2. The molecule has 1 fully saturated rings. The molecule has 0 saturated carbocycles.